The molecule has 0 spiro atoms. The van der Waals surface area contributed by atoms with Gasteiger partial charge in [-0.15, -0.1) is 0 Å². The fraction of sp³-hybridized carbons (Fsp3) is 0.615. The molecule has 2 rings (SSSR count). The van der Waals surface area contributed by atoms with Crippen LogP contribution in [0.4, 0.5) is 5.82 Å². The first-order chi connectivity index (χ1) is 8.19. The Bertz CT molecular complexity index is 364. The van der Waals surface area contributed by atoms with Gasteiger partial charge in [0.1, 0.15) is 5.82 Å². The van der Waals surface area contributed by atoms with E-state index < -0.39 is 0 Å². The summed E-state index contributed by atoms with van der Waals surface area (Å²) in [6, 6.07) is 5.93. The van der Waals surface area contributed by atoms with Gasteiger partial charge in [0.05, 0.1) is 5.69 Å². The molecular formula is C13H22N4. The first-order valence-corrected chi connectivity index (χ1v) is 6.34. The highest BCUT2D eigenvalue weighted by molar-refractivity contribution is 5.33. The van der Waals surface area contributed by atoms with Crippen molar-refractivity contribution in [2.75, 3.05) is 18.5 Å². The van der Waals surface area contributed by atoms with Crippen LogP contribution in [-0.2, 0) is 6.54 Å². The van der Waals surface area contributed by atoms with E-state index in [1.807, 2.05) is 12.1 Å². The summed E-state index contributed by atoms with van der Waals surface area (Å²) in [5.74, 6) is 7.72. The molecule has 0 bridgehead atoms. The Hall–Kier alpha value is -1.13. The number of rotatable bonds is 4. The summed E-state index contributed by atoms with van der Waals surface area (Å²) in [6.07, 6.45) is 1.31. The number of nitrogens with two attached hydrogens (primary N) is 1. The summed E-state index contributed by atoms with van der Waals surface area (Å²) < 4.78 is 0. The normalized spacial score (nSPS) is 21.1. The van der Waals surface area contributed by atoms with E-state index in [9.17, 15) is 0 Å². The molecular weight excluding hydrogens is 212 g/mol. The van der Waals surface area contributed by atoms with Gasteiger partial charge >= 0.3 is 0 Å². The topological polar surface area (TPSA) is 54.2 Å². The Morgan fingerprint density at radius 2 is 2.35 bits per heavy atom. The van der Waals surface area contributed by atoms with E-state index in [0.717, 1.165) is 29.9 Å². The minimum Gasteiger partial charge on any atom is -0.308 e. The zero-order chi connectivity index (χ0) is 12.3. The van der Waals surface area contributed by atoms with E-state index >= 15 is 0 Å². The van der Waals surface area contributed by atoms with Crippen LogP contribution in [0, 0.1) is 11.8 Å². The van der Waals surface area contributed by atoms with Crippen molar-refractivity contribution >= 4 is 5.82 Å². The number of likely N-dealkylation sites (tertiary alicyclic amines) is 1. The van der Waals surface area contributed by atoms with Gasteiger partial charge in [0.15, 0.2) is 0 Å². The number of nitrogen functional groups attached to an aromatic ring is 1. The van der Waals surface area contributed by atoms with Crippen LogP contribution in [0.3, 0.4) is 0 Å². The summed E-state index contributed by atoms with van der Waals surface area (Å²) in [7, 11) is 0. The fourth-order valence-corrected chi connectivity index (χ4v) is 2.43. The van der Waals surface area contributed by atoms with Crippen LogP contribution in [0.1, 0.15) is 26.0 Å². The predicted molar refractivity (Wildman–Crippen MR) is 70.3 cm³/mol. The Labute approximate surface area is 103 Å². The molecule has 1 aromatic heterocycles. The average Bonchev–Trinajstić information content (AvgIpc) is 2.78. The smallest absolute Gasteiger partial charge is 0.140 e. The van der Waals surface area contributed by atoms with Crippen molar-refractivity contribution in [1.29, 1.82) is 0 Å². The first-order valence-electron chi connectivity index (χ1n) is 6.34. The monoisotopic (exact) mass is 234 g/mol. The second-order valence-electron chi connectivity index (χ2n) is 5.19. The molecule has 1 aliphatic rings. The molecule has 1 atom stereocenters. The average molecular weight is 234 g/mol. The molecule has 4 heteroatoms. The number of hydrazine groups is 1. The lowest BCUT2D eigenvalue weighted by atomic mass is 9.95. The molecule has 0 amide bonds. The van der Waals surface area contributed by atoms with E-state index in [1.54, 1.807) is 0 Å². The van der Waals surface area contributed by atoms with Crippen LogP contribution in [0.15, 0.2) is 18.2 Å². The van der Waals surface area contributed by atoms with Crippen LogP contribution in [-0.4, -0.2) is 23.0 Å². The molecule has 0 radical (unpaired) electrons. The van der Waals surface area contributed by atoms with Crippen LogP contribution in [0.25, 0.3) is 0 Å². The van der Waals surface area contributed by atoms with E-state index in [0.29, 0.717) is 0 Å². The van der Waals surface area contributed by atoms with Gasteiger partial charge in [0, 0.05) is 13.1 Å². The number of anilines is 1. The lowest BCUT2D eigenvalue weighted by molar-refractivity contribution is 0.294. The molecule has 94 valence electrons. The van der Waals surface area contributed by atoms with Crippen molar-refractivity contribution in [3.8, 4) is 0 Å². The number of pyridine rings is 1. The van der Waals surface area contributed by atoms with Crippen molar-refractivity contribution < 1.29 is 0 Å². The SMILES string of the molecule is CC(C)C1CCN(Cc2cccc(NN)n2)C1. The maximum Gasteiger partial charge on any atom is 0.140 e. The molecule has 1 saturated heterocycles. The molecule has 0 saturated carbocycles. The standard InChI is InChI=1S/C13H22N4/c1-10(2)11-6-7-17(8-11)9-12-4-3-5-13(15-12)16-14/h3-5,10-11H,6-9,14H2,1-2H3,(H,15,16). The van der Waals surface area contributed by atoms with Crippen LogP contribution >= 0.6 is 0 Å². The highest BCUT2D eigenvalue weighted by Crippen LogP contribution is 2.24. The molecule has 1 aliphatic heterocycles. The number of nitrogens with zero attached hydrogens (tertiary/aromatic N) is 2. The number of hydrogen-bond acceptors (Lipinski definition) is 4. The van der Waals surface area contributed by atoms with Crippen molar-refractivity contribution in [1.82, 2.24) is 9.88 Å². The third-order valence-corrected chi connectivity index (χ3v) is 3.59. The van der Waals surface area contributed by atoms with Gasteiger partial charge in [0.2, 0.25) is 0 Å². The predicted octanol–water partition coefficient (Wildman–Crippen LogP) is 1.85. The number of hydrogen-bond donors (Lipinski definition) is 2. The Kier molecular flexibility index (Phi) is 3.97. The minimum atomic E-state index is 0.738. The third-order valence-electron chi connectivity index (χ3n) is 3.59. The van der Waals surface area contributed by atoms with Crippen LogP contribution in [0.2, 0.25) is 0 Å². The molecule has 1 unspecified atom stereocenters. The summed E-state index contributed by atoms with van der Waals surface area (Å²) in [5, 5.41) is 0. The third kappa shape index (κ3) is 3.17. The highest BCUT2D eigenvalue weighted by Gasteiger charge is 2.24. The Balaban J connectivity index is 1.93. The molecule has 0 aromatic carbocycles. The Morgan fingerprint density at radius 1 is 1.53 bits per heavy atom. The highest BCUT2D eigenvalue weighted by atomic mass is 15.3. The molecule has 2 heterocycles. The summed E-state index contributed by atoms with van der Waals surface area (Å²) in [6.45, 7) is 7.93. The van der Waals surface area contributed by atoms with Crippen LogP contribution < -0.4 is 11.3 Å². The molecule has 1 fully saturated rings. The van der Waals surface area contributed by atoms with Crippen molar-refractivity contribution in [2.24, 2.45) is 17.7 Å². The molecule has 1 aromatic rings. The van der Waals surface area contributed by atoms with E-state index in [4.69, 9.17) is 5.84 Å². The Morgan fingerprint density at radius 3 is 3.00 bits per heavy atom. The first kappa shape index (κ1) is 12.3. The summed E-state index contributed by atoms with van der Waals surface area (Å²) in [5.41, 5.74) is 3.68. The lowest BCUT2D eigenvalue weighted by Gasteiger charge is -2.17. The van der Waals surface area contributed by atoms with Crippen molar-refractivity contribution in [2.45, 2.75) is 26.8 Å². The lowest BCUT2D eigenvalue weighted by Crippen LogP contribution is -2.22. The maximum atomic E-state index is 5.36. The maximum absolute atomic E-state index is 5.36. The quantitative estimate of drug-likeness (QED) is 0.616. The van der Waals surface area contributed by atoms with E-state index in [2.05, 4.69) is 35.2 Å². The van der Waals surface area contributed by atoms with Gasteiger partial charge in [-0.3, -0.25) is 4.90 Å². The van der Waals surface area contributed by atoms with Crippen LogP contribution in [0.5, 0.6) is 0 Å². The van der Waals surface area contributed by atoms with Gasteiger partial charge in [0.25, 0.3) is 0 Å². The minimum absolute atomic E-state index is 0.738. The molecule has 4 nitrogen and oxygen atoms in total. The van der Waals surface area contributed by atoms with Gasteiger partial charge in [-0.25, -0.2) is 10.8 Å². The fourth-order valence-electron chi connectivity index (χ4n) is 2.43. The number of aromatic nitrogens is 1. The molecule has 17 heavy (non-hydrogen) atoms. The van der Waals surface area contributed by atoms with E-state index in [-0.39, 0.29) is 0 Å². The van der Waals surface area contributed by atoms with Gasteiger partial charge in [-0.2, -0.15) is 0 Å². The van der Waals surface area contributed by atoms with Crippen molar-refractivity contribution in [3.05, 3.63) is 23.9 Å². The second kappa shape index (κ2) is 5.47. The van der Waals surface area contributed by atoms with Gasteiger partial charge in [-0.1, -0.05) is 19.9 Å². The number of nitrogens with one attached hydrogen (secondary N) is 1. The summed E-state index contributed by atoms with van der Waals surface area (Å²) >= 11 is 0. The van der Waals surface area contributed by atoms with Gasteiger partial charge in [-0.05, 0) is 36.9 Å². The molecule has 3 N–H and O–H groups in total. The van der Waals surface area contributed by atoms with Crippen molar-refractivity contribution in [3.63, 3.8) is 0 Å². The molecule has 0 aliphatic carbocycles. The largest absolute Gasteiger partial charge is 0.308 e. The van der Waals surface area contributed by atoms with Gasteiger partial charge < -0.3 is 5.43 Å². The summed E-state index contributed by atoms with van der Waals surface area (Å²) in [4.78, 5) is 6.93. The second-order valence-corrected chi connectivity index (χ2v) is 5.19. The van der Waals surface area contributed by atoms with E-state index in [1.165, 1.54) is 19.5 Å². The zero-order valence-electron chi connectivity index (χ0n) is 10.7. The zero-order valence-corrected chi connectivity index (χ0v) is 10.7.